The van der Waals surface area contributed by atoms with E-state index in [4.69, 9.17) is 11.6 Å². The summed E-state index contributed by atoms with van der Waals surface area (Å²) in [6.45, 7) is 0.448. The van der Waals surface area contributed by atoms with Crippen molar-refractivity contribution in [3.8, 4) is 0 Å². The Kier molecular flexibility index (Phi) is 4.51. The average molecular weight is 400 g/mol. The molecule has 0 amide bonds. The van der Waals surface area contributed by atoms with Gasteiger partial charge in [-0.25, -0.2) is 17.8 Å². The highest BCUT2D eigenvalue weighted by Gasteiger charge is 2.17. The van der Waals surface area contributed by atoms with Gasteiger partial charge < -0.3 is 0 Å². The number of nitrogens with one attached hydrogen (secondary N) is 1. The first-order valence-electron chi connectivity index (χ1n) is 8.01. The van der Waals surface area contributed by atoms with Gasteiger partial charge in [-0.1, -0.05) is 41.9 Å². The van der Waals surface area contributed by atoms with E-state index in [0.29, 0.717) is 11.6 Å². The molecule has 9 heteroatoms. The summed E-state index contributed by atoms with van der Waals surface area (Å²) in [6, 6.07) is 16.2. The minimum Gasteiger partial charge on any atom is -0.255 e. The third kappa shape index (κ3) is 3.91. The fourth-order valence-corrected chi connectivity index (χ4v) is 3.62. The molecular formula is C18H14ClN5O2S. The van der Waals surface area contributed by atoms with Crippen molar-refractivity contribution in [1.82, 2.24) is 19.7 Å². The van der Waals surface area contributed by atoms with Crippen molar-refractivity contribution in [2.45, 2.75) is 11.4 Å². The maximum absolute atomic E-state index is 12.6. The Hall–Kier alpha value is -2.97. The third-order valence-corrected chi connectivity index (χ3v) is 5.44. The molecule has 2 heterocycles. The van der Waals surface area contributed by atoms with Crippen molar-refractivity contribution in [3.05, 3.63) is 77.7 Å². The van der Waals surface area contributed by atoms with Gasteiger partial charge in [0.05, 0.1) is 12.1 Å². The molecule has 136 valence electrons. The van der Waals surface area contributed by atoms with Crippen LogP contribution in [0.25, 0.3) is 10.9 Å². The number of pyridine rings is 1. The van der Waals surface area contributed by atoms with Gasteiger partial charge in [0.1, 0.15) is 11.2 Å². The first kappa shape index (κ1) is 17.4. The summed E-state index contributed by atoms with van der Waals surface area (Å²) in [4.78, 5) is 8.25. The molecule has 0 aliphatic rings. The molecular weight excluding hydrogens is 386 g/mol. The molecule has 0 radical (unpaired) electrons. The molecule has 4 rings (SSSR count). The summed E-state index contributed by atoms with van der Waals surface area (Å²) >= 11 is 5.87. The van der Waals surface area contributed by atoms with E-state index in [1.54, 1.807) is 28.9 Å². The van der Waals surface area contributed by atoms with Crippen molar-refractivity contribution in [2.75, 3.05) is 4.72 Å². The lowest BCUT2D eigenvalue weighted by molar-refractivity contribution is 0.600. The van der Waals surface area contributed by atoms with Gasteiger partial charge in [0, 0.05) is 16.6 Å². The minimum absolute atomic E-state index is 0.00266. The molecule has 2 aromatic carbocycles. The van der Waals surface area contributed by atoms with Gasteiger partial charge in [-0.3, -0.25) is 4.98 Å². The second-order valence-corrected chi connectivity index (χ2v) is 7.98. The molecule has 0 saturated carbocycles. The highest BCUT2D eigenvalue weighted by molar-refractivity contribution is 7.92. The molecule has 0 atom stereocenters. The molecule has 1 N–H and O–H groups in total. The van der Waals surface area contributed by atoms with Crippen LogP contribution in [-0.4, -0.2) is 28.2 Å². The number of halogens is 1. The number of fused-ring (bicyclic) bond motifs is 1. The lowest BCUT2D eigenvalue weighted by Crippen LogP contribution is -2.14. The lowest BCUT2D eigenvalue weighted by Gasteiger charge is -2.05. The second-order valence-electron chi connectivity index (χ2n) is 5.86. The first-order valence-corrected chi connectivity index (χ1v) is 9.87. The quantitative estimate of drug-likeness (QED) is 0.556. The van der Waals surface area contributed by atoms with Crippen molar-refractivity contribution in [2.24, 2.45) is 0 Å². The lowest BCUT2D eigenvalue weighted by atomic mass is 10.2. The predicted molar refractivity (Wildman–Crippen MR) is 103 cm³/mol. The Morgan fingerprint density at radius 2 is 1.81 bits per heavy atom. The van der Waals surface area contributed by atoms with Crippen LogP contribution in [0.4, 0.5) is 5.95 Å². The number of sulfonamides is 1. The zero-order chi connectivity index (χ0) is 18.9. The van der Waals surface area contributed by atoms with Gasteiger partial charge in [-0.15, -0.1) is 5.10 Å². The number of hydrogen-bond acceptors (Lipinski definition) is 5. The van der Waals surface area contributed by atoms with Gasteiger partial charge in [0.25, 0.3) is 16.0 Å². The Morgan fingerprint density at radius 1 is 1.04 bits per heavy atom. The van der Waals surface area contributed by atoms with E-state index in [9.17, 15) is 8.42 Å². The number of benzene rings is 2. The summed E-state index contributed by atoms with van der Waals surface area (Å²) < 4.78 is 29.1. The highest BCUT2D eigenvalue weighted by atomic mass is 35.5. The van der Waals surface area contributed by atoms with E-state index in [1.165, 1.54) is 12.5 Å². The zero-order valence-corrected chi connectivity index (χ0v) is 15.5. The number of hydrogen-bond donors (Lipinski definition) is 1. The molecule has 0 bridgehead atoms. The van der Waals surface area contributed by atoms with E-state index < -0.39 is 10.0 Å². The van der Waals surface area contributed by atoms with Crippen molar-refractivity contribution in [3.63, 3.8) is 0 Å². The van der Waals surface area contributed by atoms with Crippen LogP contribution in [0.2, 0.25) is 5.02 Å². The van der Waals surface area contributed by atoms with E-state index in [-0.39, 0.29) is 10.8 Å². The van der Waals surface area contributed by atoms with Crippen LogP contribution in [-0.2, 0) is 16.6 Å². The number of aromatic nitrogens is 4. The predicted octanol–water partition coefficient (Wildman–Crippen LogP) is 3.33. The first-order chi connectivity index (χ1) is 13.0. The molecule has 4 aromatic rings. The van der Waals surface area contributed by atoms with E-state index >= 15 is 0 Å². The van der Waals surface area contributed by atoms with Crippen LogP contribution in [0.15, 0.2) is 72.0 Å². The standard InChI is InChI=1S/C18H14ClN5O2S/c19-15-7-5-13(6-8-15)11-24-12-21-18(22-24)23-27(25,26)16-9-14-3-1-2-4-17(14)20-10-16/h1-10,12H,11H2,(H,22,23). The maximum atomic E-state index is 12.6. The molecule has 2 aromatic heterocycles. The van der Waals surface area contributed by atoms with Crippen LogP contribution < -0.4 is 4.72 Å². The van der Waals surface area contributed by atoms with Gasteiger partial charge >= 0.3 is 0 Å². The highest BCUT2D eigenvalue weighted by Crippen LogP contribution is 2.18. The van der Waals surface area contributed by atoms with Crippen LogP contribution in [0.1, 0.15) is 5.56 Å². The summed E-state index contributed by atoms with van der Waals surface area (Å²) in [5.74, 6) is -0.00266. The summed E-state index contributed by atoms with van der Waals surface area (Å²) in [5, 5.41) is 5.55. The van der Waals surface area contributed by atoms with Gasteiger partial charge in [-0.2, -0.15) is 4.98 Å². The van der Waals surface area contributed by atoms with Crippen molar-refractivity contribution >= 4 is 38.5 Å². The Labute approximate surface area is 160 Å². The molecule has 0 fully saturated rings. The van der Waals surface area contributed by atoms with Gasteiger partial charge in [0.15, 0.2) is 0 Å². The fourth-order valence-electron chi connectivity index (χ4n) is 2.57. The molecule has 0 unspecified atom stereocenters. The second kappa shape index (κ2) is 6.98. The zero-order valence-electron chi connectivity index (χ0n) is 13.9. The molecule has 7 nitrogen and oxygen atoms in total. The van der Waals surface area contributed by atoms with Crippen molar-refractivity contribution < 1.29 is 8.42 Å². The van der Waals surface area contributed by atoms with Gasteiger partial charge in [0.2, 0.25) is 0 Å². The largest absolute Gasteiger partial charge is 0.265 e. The number of para-hydroxylation sites is 1. The third-order valence-electron chi connectivity index (χ3n) is 3.90. The maximum Gasteiger partial charge on any atom is 0.265 e. The molecule has 0 saturated heterocycles. The Morgan fingerprint density at radius 3 is 2.63 bits per heavy atom. The fraction of sp³-hybridized carbons (Fsp3) is 0.0556. The minimum atomic E-state index is -3.84. The summed E-state index contributed by atoms with van der Waals surface area (Å²) in [6.07, 6.45) is 2.78. The topological polar surface area (TPSA) is 89.8 Å². The van der Waals surface area contributed by atoms with Crippen LogP contribution >= 0.6 is 11.6 Å². The van der Waals surface area contributed by atoms with Crippen LogP contribution in [0.5, 0.6) is 0 Å². The summed E-state index contributed by atoms with van der Waals surface area (Å²) in [5.41, 5.74) is 1.69. The van der Waals surface area contributed by atoms with E-state index in [1.807, 2.05) is 30.3 Å². The Bertz CT molecular complexity index is 1210. The Balaban J connectivity index is 1.53. The number of nitrogens with zero attached hydrogens (tertiary/aromatic N) is 4. The van der Waals surface area contributed by atoms with Crippen LogP contribution in [0, 0.1) is 0 Å². The molecule has 0 aliphatic heterocycles. The average Bonchev–Trinajstić information content (AvgIpc) is 3.09. The van der Waals surface area contributed by atoms with Crippen molar-refractivity contribution in [1.29, 1.82) is 0 Å². The SMILES string of the molecule is O=S(=O)(Nc1ncn(Cc2ccc(Cl)cc2)n1)c1cnc2ccccc2c1. The number of anilines is 1. The van der Waals surface area contributed by atoms with E-state index in [0.717, 1.165) is 16.5 Å². The van der Waals surface area contributed by atoms with Crippen LogP contribution in [0.3, 0.4) is 0 Å². The monoisotopic (exact) mass is 399 g/mol. The molecule has 0 aliphatic carbocycles. The van der Waals surface area contributed by atoms with Gasteiger partial charge in [-0.05, 0) is 29.8 Å². The van der Waals surface area contributed by atoms with E-state index in [2.05, 4.69) is 19.8 Å². The molecule has 27 heavy (non-hydrogen) atoms. The normalized spacial score (nSPS) is 11.6. The summed E-state index contributed by atoms with van der Waals surface area (Å²) in [7, 11) is -3.84. The molecule has 0 spiro atoms. The smallest absolute Gasteiger partial charge is 0.255 e. The number of rotatable bonds is 5.